The highest BCUT2D eigenvalue weighted by Crippen LogP contribution is 2.07. The maximum atomic E-state index is 5.59. The van der Waals surface area contributed by atoms with Gasteiger partial charge >= 0.3 is 0 Å². The maximum Gasteiger partial charge on any atom is 0.188 e. The lowest BCUT2D eigenvalue weighted by Gasteiger charge is -1.91. The van der Waals surface area contributed by atoms with Crippen LogP contribution in [0, 0.1) is 0 Å². The number of halogens is 1. The largest absolute Gasteiger partial charge is 0.239 e. The monoisotopic (exact) mass is 176 g/mol. The number of nitrogens with zero attached hydrogens (tertiary/aromatic N) is 2. The van der Waals surface area contributed by atoms with Gasteiger partial charge in [-0.25, -0.2) is 9.98 Å². The third-order valence-electron chi connectivity index (χ3n) is 0.758. The van der Waals surface area contributed by atoms with Crippen molar-refractivity contribution in [1.29, 1.82) is 0 Å². The van der Waals surface area contributed by atoms with Crippen LogP contribution in [0.1, 0.15) is 6.92 Å². The van der Waals surface area contributed by atoms with Gasteiger partial charge in [-0.1, -0.05) is 29.4 Å². The average Bonchev–Trinajstić information content (AvgIpc) is 1.99. The molecule has 0 rings (SSSR count). The highest BCUT2D eigenvalue weighted by molar-refractivity contribution is 8.13. The molecular formula is C6H9ClN2S. The summed E-state index contributed by atoms with van der Waals surface area (Å²) in [7, 11) is 0. The molecule has 0 heterocycles. The zero-order valence-electron chi connectivity index (χ0n) is 5.97. The number of rotatable bonds is 1. The Balaban J connectivity index is 4.24. The molecule has 0 aromatic rings. The van der Waals surface area contributed by atoms with Crippen molar-refractivity contribution in [2.45, 2.75) is 6.92 Å². The van der Waals surface area contributed by atoms with E-state index in [4.69, 9.17) is 11.6 Å². The molecule has 0 aliphatic rings. The topological polar surface area (TPSA) is 24.7 Å². The van der Waals surface area contributed by atoms with Crippen LogP contribution in [0.2, 0.25) is 0 Å². The summed E-state index contributed by atoms with van der Waals surface area (Å²) in [5, 5.41) is 1.03. The zero-order valence-corrected chi connectivity index (χ0v) is 7.54. The third-order valence-corrected chi connectivity index (χ3v) is 1.65. The van der Waals surface area contributed by atoms with E-state index in [1.54, 1.807) is 6.08 Å². The van der Waals surface area contributed by atoms with Gasteiger partial charge in [0, 0.05) is 0 Å². The zero-order chi connectivity index (χ0) is 7.98. The van der Waals surface area contributed by atoms with E-state index in [0.717, 1.165) is 0 Å². The quantitative estimate of drug-likeness (QED) is 0.342. The summed E-state index contributed by atoms with van der Waals surface area (Å²) in [5.41, 5.74) is 0. The van der Waals surface area contributed by atoms with E-state index in [9.17, 15) is 0 Å². The minimum absolute atomic E-state index is 0.441. The van der Waals surface area contributed by atoms with Crippen LogP contribution in [-0.2, 0) is 0 Å². The van der Waals surface area contributed by atoms with Gasteiger partial charge in [0.1, 0.15) is 5.16 Å². The van der Waals surface area contributed by atoms with Crippen LogP contribution in [-0.4, -0.2) is 18.1 Å². The van der Waals surface area contributed by atoms with Crippen LogP contribution >= 0.6 is 23.4 Å². The van der Waals surface area contributed by atoms with Crippen LogP contribution in [0.25, 0.3) is 0 Å². The summed E-state index contributed by atoms with van der Waals surface area (Å²) >= 11 is 7.00. The van der Waals surface area contributed by atoms with Crippen molar-refractivity contribution in [3.63, 3.8) is 0 Å². The predicted molar refractivity (Wildman–Crippen MR) is 50.1 cm³/mol. The molecule has 0 saturated heterocycles. The van der Waals surface area contributed by atoms with Crippen molar-refractivity contribution >= 4 is 35.2 Å². The molecule has 0 fully saturated rings. The van der Waals surface area contributed by atoms with Crippen LogP contribution < -0.4 is 0 Å². The molecule has 0 N–H and O–H groups in total. The molecule has 0 atom stereocenters. The average molecular weight is 177 g/mol. The van der Waals surface area contributed by atoms with E-state index in [2.05, 4.69) is 16.7 Å². The Morgan fingerprint density at radius 2 is 2.30 bits per heavy atom. The Hall–Kier alpha value is -0.280. The van der Waals surface area contributed by atoms with Crippen LogP contribution in [0.5, 0.6) is 0 Å². The molecule has 4 heteroatoms. The van der Waals surface area contributed by atoms with Gasteiger partial charge in [-0.2, -0.15) is 0 Å². The second-order valence-corrected chi connectivity index (χ2v) is 2.53. The SMILES string of the molecule is C=N/C(=N\C(Cl)=C/C)SC. The van der Waals surface area contributed by atoms with Crippen LogP contribution in [0.4, 0.5) is 0 Å². The van der Waals surface area contributed by atoms with Gasteiger partial charge in [0.05, 0.1) is 0 Å². The lowest BCUT2D eigenvalue weighted by atomic mass is 10.7. The molecule has 0 aromatic carbocycles. The molecule has 0 spiro atoms. The van der Waals surface area contributed by atoms with E-state index in [-0.39, 0.29) is 0 Å². The lowest BCUT2D eigenvalue weighted by Crippen LogP contribution is -1.82. The molecule has 0 aliphatic carbocycles. The van der Waals surface area contributed by atoms with Crippen molar-refractivity contribution in [2.24, 2.45) is 9.98 Å². The molecule has 0 aromatic heterocycles. The second kappa shape index (κ2) is 5.50. The Morgan fingerprint density at radius 3 is 2.60 bits per heavy atom. The van der Waals surface area contributed by atoms with Gasteiger partial charge in [0.2, 0.25) is 0 Å². The summed E-state index contributed by atoms with van der Waals surface area (Å²) in [6.45, 7) is 5.14. The number of aliphatic imine (C=N–C) groups is 2. The fraction of sp³-hybridized carbons (Fsp3) is 0.333. The molecule has 0 amide bonds. The molecular weight excluding hydrogens is 168 g/mol. The summed E-state index contributed by atoms with van der Waals surface area (Å²) in [5.74, 6) is 0. The highest BCUT2D eigenvalue weighted by atomic mass is 35.5. The first kappa shape index (κ1) is 9.72. The fourth-order valence-electron chi connectivity index (χ4n) is 0.301. The maximum absolute atomic E-state index is 5.59. The van der Waals surface area contributed by atoms with Gasteiger partial charge in [-0.15, -0.1) is 0 Å². The standard InChI is InChI=1S/C6H9ClN2S/c1-4-5(7)9-6(8-2)10-3/h4H,2H2,1,3H3/b5-4-,9-6+. The van der Waals surface area contributed by atoms with Crippen LogP contribution in [0.15, 0.2) is 21.2 Å². The summed E-state index contributed by atoms with van der Waals surface area (Å²) in [6, 6.07) is 0. The summed E-state index contributed by atoms with van der Waals surface area (Å²) in [6.07, 6.45) is 3.57. The molecule has 0 bridgehead atoms. The van der Waals surface area contributed by atoms with Crippen molar-refractivity contribution in [3.05, 3.63) is 11.2 Å². The molecule has 0 unspecified atom stereocenters. The van der Waals surface area contributed by atoms with Gasteiger partial charge in [0.25, 0.3) is 0 Å². The van der Waals surface area contributed by atoms with Gasteiger partial charge in [0.15, 0.2) is 5.17 Å². The number of hydrogen-bond donors (Lipinski definition) is 0. The molecule has 2 nitrogen and oxygen atoms in total. The molecule has 56 valence electrons. The highest BCUT2D eigenvalue weighted by Gasteiger charge is 1.90. The van der Waals surface area contributed by atoms with Crippen molar-refractivity contribution < 1.29 is 0 Å². The first-order valence-corrected chi connectivity index (χ1v) is 4.26. The fourth-order valence-corrected chi connectivity index (χ4v) is 0.750. The number of allylic oxidation sites excluding steroid dienone is 1. The van der Waals surface area contributed by atoms with E-state index in [1.807, 2.05) is 13.2 Å². The van der Waals surface area contributed by atoms with Crippen molar-refractivity contribution in [2.75, 3.05) is 6.26 Å². The van der Waals surface area contributed by atoms with E-state index >= 15 is 0 Å². The first-order valence-electron chi connectivity index (χ1n) is 2.65. The number of hydrogen-bond acceptors (Lipinski definition) is 2. The van der Waals surface area contributed by atoms with E-state index < -0.39 is 0 Å². The minimum atomic E-state index is 0.441. The summed E-state index contributed by atoms with van der Waals surface area (Å²) in [4.78, 5) is 7.54. The van der Waals surface area contributed by atoms with E-state index in [0.29, 0.717) is 10.3 Å². The third kappa shape index (κ3) is 3.69. The van der Waals surface area contributed by atoms with Crippen molar-refractivity contribution in [1.82, 2.24) is 0 Å². The number of thioether (sulfide) groups is 1. The van der Waals surface area contributed by atoms with Gasteiger partial charge in [-0.05, 0) is 19.9 Å². The van der Waals surface area contributed by atoms with Gasteiger partial charge in [-0.3, -0.25) is 0 Å². The number of amidine groups is 1. The summed E-state index contributed by atoms with van der Waals surface area (Å²) < 4.78 is 0. The Morgan fingerprint density at radius 1 is 1.70 bits per heavy atom. The Kier molecular flexibility index (Phi) is 5.35. The minimum Gasteiger partial charge on any atom is -0.239 e. The predicted octanol–water partition coefficient (Wildman–Crippen LogP) is 2.51. The first-order chi connectivity index (χ1) is 4.74. The van der Waals surface area contributed by atoms with Crippen molar-refractivity contribution in [3.8, 4) is 0 Å². The Bertz CT molecular complexity index is 175. The lowest BCUT2D eigenvalue weighted by molar-refractivity contribution is 1.46. The van der Waals surface area contributed by atoms with E-state index in [1.165, 1.54) is 11.8 Å². The molecule has 10 heavy (non-hydrogen) atoms. The molecule has 0 radical (unpaired) electrons. The Labute approximate surface area is 70.1 Å². The molecule has 0 saturated carbocycles. The smallest absolute Gasteiger partial charge is 0.188 e. The molecule has 0 aliphatic heterocycles. The normalized spacial score (nSPS) is 13.5. The van der Waals surface area contributed by atoms with Gasteiger partial charge < -0.3 is 0 Å². The second-order valence-electron chi connectivity index (χ2n) is 1.37. The van der Waals surface area contributed by atoms with Crippen LogP contribution in [0.3, 0.4) is 0 Å².